The fourth-order valence-electron chi connectivity index (χ4n) is 4.08. The maximum Gasteiger partial charge on any atom is 0.237 e. The number of anilines is 1. The van der Waals surface area contributed by atoms with Crippen LogP contribution in [-0.2, 0) is 16.1 Å². The Kier molecular flexibility index (Phi) is 6.85. The van der Waals surface area contributed by atoms with Gasteiger partial charge in [0.05, 0.1) is 12.5 Å². The summed E-state index contributed by atoms with van der Waals surface area (Å²) in [4.78, 5) is 29.6. The molecular weight excluding hydrogens is 340 g/mol. The van der Waals surface area contributed by atoms with Crippen LogP contribution in [0.3, 0.4) is 0 Å². The van der Waals surface area contributed by atoms with E-state index in [9.17, 15) is 9.59 Å². The number of hydrogen-bond acceptors (Lipinski definition) is 4. The third kappa shape index (κ3) is 5.30. The molecule has 3 rings (SSSR count). The topological polar surface area (TPSA) is 64.7 Å². The van der Waals surface area contributed by atoms with Crippen LogP contribution in [0, 0.1) is 0 Å². The molecule has 2 N–H and O–H groups in total. The van der Waals surface area contributed by atoms with Crippen molar-refractivity contribution in [2.24, 2.45) is 0 Å². The molecule has 6 heteroatoms. The van der Waals surface area contributed by atoms with Gasteiger partial charge in [-0.15, -0.1) is 0 Å². The zero-order valence-corrected chi connectivity index (χ0v) is 16.5. The highest BCUT2D eigenvalue weighted by Crippen LogP contribution is 2.21. The van der Waals surface area contributed by atoms with Gasteiger partial charge in [-0.2, -0.15) is 0 Å². The lowest BCUT2D eigenvalue weighted by molar-refractivity contribution is -0.133. The van der Waals surface area contributed by atoms with Crippen LogP contribution in [0.25, 0.3) is 0 Å². The molecule has 2 heterocycles. The van der Waals surface area contributed by atoms with Crippen LogP contribution in [-0.4, -0.2) is 59.9 Å². The summed E-state index contributed by atoms with van der Waals surface area (Å²) in [5.74, 6) is -0.152. The van der Waals surface area contributed by atoms with Crippen LogP contribution < -0.4 is 10.6 Å². The number of para-hydroxylation sites is 1. The summed E-state index contributed by atoms with van der Waals surface area (Å²) >= 11 is 0. The molecule has 0 bridgehead atoms. The fraction of sp³-hybridized carbons (Fsp3) is 0.619. The third-order valence-corrected chi connectivity index (χ3v) is 5.55. The number of piperidine rings is 1. The highest BCUT2D eigenvalue weighted by atomic mass is 16.2. The van der Waals surface area contributed by atoms with Crippen LogP contribution in [0.4, 0.5) is 5.69 Å². The Balaban J connectivity index is 1.64. The lowest BCUT2D eigenvalue weighted by atomic mass is 10.1. The Labute approximate surface area is 162 Å². The van der Waals surface area contributed by atoms with Gasteiger partial charge in [0, 0.05) is 31.4 Å². The Morgan fingerprint density at radius 1 is 1.19 bits per heavy atom. The summed E-state index contributed by atoms with van der Waals surface area (Å²) in [6.45, 7) is 8.66. The second-order valence-electron chi connectivity index (χ2n) is 7.88. The van der Waals surface area contributed by atoms with E-state index in [1.54, 1.807) is 0 Å². The molecule has 2 saturated heterocycles. The summed E-state index contributed by atoms with van der Waals surface area (Å²) in [5.41, 5.74) is 2.00. The minimum atomic E-state index is -0.395. The molecule has 2 amide bonds. The Bertz CT molecular complexity index is 655. The van der Waals surface area contributed by atoms with Crippen molar-refractivity contribution >= 4 is 17.5 Å². The average molecular weight is 373 g/mol. The van der Waals surface area contributed by atoms with Gasteiger partial charge in [0.2, 0.25) is 11.8 Å². The van der Waals surface area contributed by atoms with E-state index >= 15 is 0 Å². The number of amides is 2. The predicted molar refractivity (Wildman–Crippen MR) is 107 cm³/mol. The molecule has 1 aromatic rings. The number of piperazine rings is 1. The van der Waals surface area contributed by atoms with E-state index in [0.29, 0.717) is 6.54 Å². The molecule has 2 aliphatic rings. The molecule has 27 heavy (non-hydrogen) atoms. The highest BCUT2D eigenvalue weighted by Gasteiger charge is 2.33. The fourth-order valence-corrected chi connectivity index (χ4v) is 4.08. The SMILES string of the molecule is CC(C)N1CCNC(=O)C1CC(=O)Nc1ccccc1CN1CCCCC1. The molecule has 6 nitrogen and oxygen atoms in total. The molecule has 2 aliphatic heterocycles. The monoisotopic (exact) mass is 372 g/mol. The second-order valence-corrected chi connectivity index (χ2v) is 7.88. The summed E-state index contributed by atoms with van der Waals surface area (Å²) in [6.07, 6.45) is 3.99. The van der Waals surface area contributed by atoms with Crippen LogP contribution in [0.2, 0.25) is 0 Å². The van der Waals surface area contributed by atoms with Crippen molar-refractivity contribution in [3.8, 4) is 0 Å². The Hall–Kier alpha value is -1.92. The molecule has 1 unspecified atom stereocenters. The quantitative estimate of drug-likeness (QED) is 0.804. The van der Waals surface area contributed by atoms with Crippen LogP contribution in [0.1, 0.15) is 45.1 Å². The molecule has 148 valence electrons. The molecular formula is C21H32N4O2. The molecule has 0 aromatic heterocycles. The van der Waals surface area contributed by atoms with Gasteiger partial charge in [0.15, 0.2) is 0 Å². The molecule has 2 fully saturated rings. The zero-order valence-electron chi connectivity index (χ0n) is 16.5. The van der Waals surface area contributed by atoms with Crippen LogP contribution in [0.15, 0.2) is 24.3 Å². The van der Waals surface area contributed by atoms with Gasteiger partial charge >= 0.3 is 0 Å². The number of likely N-dealkylation sites (tertiary alicyclic amines) is 1. The van der Waals surface area contributed by atoms with E-state index in [2.05, 4.69) is 40.3 Å². The van der Waals surface area contributed by atoms with Crippen molar-refractivity contribution in [3.05, 3.63) is 29.8 Å². The van der Waals surface area contributed by atoms with Crippen molar-refractivity contribution in [1.29, 1.82) is 0 Å². The predicted octanol–water partition coefficient (Wildman–Crippen LogP) is 2.21. The normalized spacial score (nSPS) is 21.9. The maximum atomic E-state index is 12.7. The minimum absolute atomic E-state index is 0.0494. The number of carbonyl (C=O) groups is 2. The van der Waals surface area contributed by atoms with Crippen molar-refractivity contribution < 1.29 is 9.59 Å². The van der Waals surface area contributed by atoms with Crippen molar-refractivity contribution in [2.75, 3.05) is 31.5 Å². The molecule has 0 spiro atoms. The number of nitrogens with one attached hydrogen (secondary N) is 2. The largest absolute Gasteiger partial charge is 0.353 e. The van der Waals surface area contributed by atoms with Gasteiger partial charge in [0.25, 0.3) is 0 Å². The van der Waals surface area contributed by atoms with Crippen LogP contribution in [0.5, 0.6) is 0 Å². The summed E-state index contributed by atoms with van der Waals surface area (Å²) in [5, 5.41) is 5.94. The molecule has 0 radical (unpaired) electrons. The second kappa shape index (κ2) is 9.33. The standard InChI is InChI=1S/C21H32N4O2/c1-16(2)25-13-10-22-21(27)19(25)14-20(26)23-18-9-5-4-8-17(18)15-24-11-6-3-7-12-24/h4-5,8-9,16,19H,3,6-7,10-15H2,1-2H3,(H,22,27)(H,23,26). The number of benzene rings is 1. The first-order chi connectivity index (χ1) is 13.0. The number of carbonyl (C=O) groups excluding carboxylic acids is 2. The van der Waals surface area contributed by atoms with Gasteiger partial charge in [0.1, 0.15) is 0 Å². The lowest BCUT2D eigenvalue weighted by Crippen LogP contribution is -2.58. The zero-order chi connectivity index (χ0) is 19.2. The maximum absolute atomic E-state index is 12.7. The third-order valence-electron chi connectivity index (χ3n) is 5.55. The summed E-state index contributed by atoms with van der Waals surface area (Å²) < 4.78 is 0. The molecule has 1 aromatic carbocycles. The number of hydrogen-bond donors (Lipinski definition) is 2. The van der Waals surface area contributed by atoms with Gasteiger partial charge in [-0.3, -0.25) is 19.4 Å². The summed E-state index contributed by atoms with van der Waals surface area (Å²) in [6, 6.07) is 7.84. The smallest absolute Gasteiger partial charge is 0.237 e. The highest BCUT2D eigenvalue weighted by molar-refractivity contribution is 5.96. The van der Waals surface area contributed by atoms with E-state index in [-0.39, 0.29) is 24.3 Å². The molecule has 0 aliphatic carbocycles. The van der Waals surface area contributed by atoms with Crippen molar-refractivity contribution in [3.63, 3.8) is 0 Å². The molecule has 1 atom stereocenters. The van der Waals surface area contributed by atoms with E-state index in [1.807, 2.05) is 18.2 Å². The van der Waals surface area contributed by atoms with E-state index in [4.69, 9.17) is 0 Å². The number of nitrogens with zero attached hydrogens (tertiary/aromatic N) is 2. The van der Waals surface area contributed by atoms with E-state index in [0.717, 1.165) is 37.4 Å². The van der Waals surface area contributed by atoms with Gasteiger partial charge in [-0.05, 0) is 51.4 Å². The van der Waals surface area contributed by atoms with Gasteiger partial charge in [-0.1, -0.05) is 24.6 Å². The minimum Gasteiger partial charge on any atom is -0.353 e. The lowest BCUT2D eigenvalue weighted by Gasteiger charge is -2.37. The first-order valence-electron chi connectivity index (χ1n) is 10.2. The van der Waals surface area contributed by atoms with Crippen molar-refractivity contribution in [2.45, 2.75) is 58.2 Å². The first-order valence-corrected chi connectivity index (χ1v) is 10.2. The van der Waals surface area contributed by atoms with Gasteiger partial charge < -0.3 is 10.6 Å². The summed E-state index contributed by atoms with van der Waals surface area (Å²) in [7, 11) is 0. The van der Waals surface area contributed by atoms with E-state index in [1.165, 1.54) is 19.3 Å². The number of rotatable bonds is 6. The average Bonchev–Trinajstić information content (AvgIpc) is 2.65. The Morgan fingerprint density at radius 2 is 1.93 bits per heavy atom. The first kappa shape index (κ1) is 19.8. The molecule has 0 saturated carbocycles. The Morgan fingerprint density at radius 3 is 2.67 bits per heavy atom. The van der Waals surface area contributed by atoms with E-state index < -0.39 is 6.04 Å². The van der Waals surface area contributed by atoms with Gasteiger partial charge in [-0.25, -0.2) is 0 Å². The van der Waals surface area contributed by atoms with Crippen LogP contribution >= 0.6 is 0 Å². The van der Waals surface area contributed by atoms with Crippen molar-refractivity contribution in [1.82, 2.24) is 15.1 Å².